The number of hydrogen-bond donors (Lipinski definition) is 2. The fraction of sp³-hybridized carbons (Fsp3) is 0.167. The number of hydrogen-bond acceptors (Lipinski definition) is 5. The van der Waals surface area contributed by atoms with Crippen LogP contribution in [0, 0.1) is 6.92 Å². The average Bonchev–Trinajstić information content (AvgIpc) is 3.12. The first-order chi connectivity index (χ1) is 13.6. The maximum Gasteiger partial charge on any atom is 0.501 e. The topological polar surface area (TPSA) is 105 Å². The molecule has 1 amide bonds. The van der Waals surface area contributed by atoms with Crippen LogP contribution in [0.4, 0.5) is 13.2 Å². The molecule has 0 spiro atoms. The molecule has 1 heterocycles. The molecule has 11 heteroatoms. The average molecular weight is 424 g/mol. The molecule has 0 saturated carbocycles. The zero-order chi connectivity index (χ0) is 21.2. The SMILES string of the molecule is Cc1nc(C(NC(=O)c2ccc(S(=O)(=O)C(F)(F)F)cc2)c2ccccc2)n[nH]1. The van der Waals surface area contributed by atoms with E-state index in [4.69, 9.17) is 0 Å². The molecule has 2 aromatic carbocycles. The highest BCUT2D eigenvalue weighted by Gasteiger charge is 2.46. The number of nitrogens with one attached hydrogen (secondary N) is 2. The molecule has 2 N–H and O–H groups in total. The highest BCUT2D eigenvalue weighted by atomic mass is 32.2. The summed E-state index contributed by atoms with van der Waals surface area (Å²) in [7, 11) is -5.48. The van der Waals surface area contributed by atoms with Gasteiger partial charge in [-0.3, -0.25) is 9.89 Å². The van der Waals surface area contributed by atoms with Crippen molar-refractivity contribution in [1.29, 1.82) is 0 Å². The van der Waals surface area contributed by atoms with E-state index >= 15 is 0 Å². The number of nitrogens with zero attached hydrogens (tertiary/aromatic N) is 2. The number of sulfone groups is 1. The highest BCUT2D eigenvalue weighted by molar-refractivity contribution is 7.92. The third-order valence-corrected chi connectivity index (χ3v) is 5.51. The van der Waals surface area contributed by atoms with Crippen molar-refractivity contribution in [2.75, 3.05) is 0 Å². The summed E-state index contributed by atoms with van der Waals surface area (Å²) in [4.78, 5) is 15.9. The number of aromatic nitrogens is 3. The Balaban J connectivity index is 1.87. The van der Waals surface area contributed by atoms with Crippen molar-refractivity contribution in [1.82, 2.24) is 20.5 Å². The maximum atomic E-state index is 12.6. The minimum absolute atomic E-state index is 0.0145. The molecular weight excluding hydrogens is 409 g/mol. The Morgan fingerprint density at radius 2 is 1.69 bits per heavy atom. The molecule has 0 aliphatic rings. The van der Waals surface area contributed by atoms with Crippen LogP contribution in [0.3, 0.4) is 0 Å². The van der Waals surface area contributed by atoms with Crippen molar-refractivity contribution >= 4 is 15.7 Å². The Labute approximate surface area is 163 Å². The smallest absolute Gasteiger partial charge is 0.338 e. The summed E-state index contributed by atoms with van der Waals surface area (Å²) < 4.78 is 60.8. The molecule has 0 aliphatic heterocycles. The van der Waals surface area contributed by atoms with Crippen molar-refractivity contribution in [2.24, 2.45) is 0 Å². The number of rotatable bonds is 5. The molecule has 0 aliphatic carbocycles. The molecule has 0 radical (unpaired) electrons. The minimum Gasteiger partial charge on any atom is -0.338 e. The van der Waals surface area contributed by atoms with Crippen LogP contribution in [0.15, 0.2) is 59.5 Å². The molecule has 0 saturated heterocycles. The Morgan fingerprint density at radius 3 is 2.21 bits per heavy atom. The van der Waals surface area contributed by atoms with Gasteiger partial charge in [0.1, 0.15) is 11.9 Å². The van der Waals surface area contributed by atoms with Crippen molar-refractivity contribution in [3.05, 3.63) is 77.4 Å². The fourth-order valence-corrected chi connectivity index (χ4v) is 3.33. The summed E-state index contributed by atoms with van der Waals surface area (Å²) in [5, 5.41) is 9.45. The van der Waals surface area contributed by atoms with Crippen LogP contribution < -0.4 is 5.32 Å². The van der Waals surface area contributed by atoms with E-state index in [1.165, 1.54) is 0 Å². The Kier molecular flexibility index (Phi) is 5.42. The Hall–Kier alpha value is -3.21. The van der Waals surface area contributed by atoms with Gasteiger partial charge >= 0.3 is 5.51 Å². The monoisotopic (exact) mass is 424 g/mol. The van der Waals surface area contributed by atoms with Gasteiger partial charge in [0, 0.05) is 5.56 Å². The normalized spacial score (nSPS) is 13.1. The third-order valence-electron chi connectivity index (χ3n) is 4.01. The summed E-state index contributed by atoms with van der Waals surface area (Å²) in [6, 6.07) is 11.6. The number of H-pyrrole nitrogens is 1. The van der Waals surface area contributed by atoms with Crippen LogP contribution >= 0.6 is 0 Å². The van der Waals surface area contributed by atoms with Crippen molar-refractivity contribution in [3.8, 4) is 0 Å². The molecule has 0 fully saturated rings. The summed E-state index contributed by atoms with van der Waals surface area (Å²) in [5.41, 5.74) is -4.74. The van der Waals surface area contributed by atoms with Crippen LogP contribution in [0.5, 0.6) is 0 Å². The summed E-state index contributed by atoms with van der Waals surface area (Å²) >= 11 is 0. The zero-order valence-electron chi connectivity index (χ0n) is 14.9. The van der Waals surface area contributed by atoms with Gasteiger partial charge in [-0.05, 0) is 36.8 Å². The standard InChI is InChI=1S/C18H15F3N4O3S/c1-11-22-16(25-24-11)15(12-5-3-2-4-6-12)23-17(26)13-7-9-14(10-8-13)29(27,28)18(19,20)21/h2-10,15H,1H3,(H,23,26)(H,22,24,25). The lowest BCUT2D eigenvalue weighted by Crippen LogP contribution is -2.30. The number of alkyl halides is 3. The quantitative estimate of drug-likeness (QED) is 0.655. The van der Waals surface area contributed by atoms with E-state index in [0.29, 0.717) is 17.2 Å². The number of carbonyl (C=O) groups is 1. The summed E-state index contributed by atoms with van der Waals surface area (Å²) in [6.07, 6.45) is 0. The number of benzene rings is 2. The molecule has 152 valence electrons. The maximum absolute atomic E-state index is 12.6. The molecule has 1 unspecified atom stereocenters. The first-order valence-electron chi connectivity index (χ1n) is 8.26. The number of carbonyl (C=O) groups excluding carboxylic acids is 1. The van der Waals surface area contributed by atoms with Gasteiger partial charge in [0.05, 0.1) is 4.90 Å². The van der Waals surface area contributed by atoms with E-state index in [9.17, 15) is 26.4 Å². The second kappa shape index (κ2) is 7.66. The zero-order valence-corrected chi connectivity index (χ0v) is 15.8. The molecule has 3 rings (SSSR count). The molecule has 3 aromatic rings. The summed E-state index contributed by atoms with van der Waals surface area (Å²) in [5.74, 6) is 0.215. The molecular formula is C18H15F3N4O3S. The molecule has 1 atom stereocenters. The van der Waals surface area contributed by atoms with Gasteiger partial charge < -0.3 is 5.32 Å². The van der Waals surface area contributed by atoms with E-state index in [1.807, 2.05) is 0 Å². The largest absolute Gasteiger partial charge is 0.501 e. The van der Waals surface area contributed by atoms with Gasteiger partial charge in [-0.2, -0.15) is 18.3 Å². The van der Waals surface area contributed by atoms with E-state index in [0.717, 1.165) is 24.3 Å². The van der Waals surface area contributed by atoms with Gasteiger partial charge in [0.2, 0.25) is 0 Å². The van der Waals surface area contributed by atoms with Crippen LogP contribution in [-0.2, 0) is 9.84 Å². The van der Waals surface area contributed by atoms with Gasteiger partial charge in [-0.1, -0.05) is 30.3 Å². The molecule has 7 nitrogen and oxygen atoms in total. The van der Waals surface area contributed by atoms with E-state index in [1.54, 1.807) is 37.3 Å². The minimum atomic E-state index is -5.48. The Bertz CT molecular complexity index is 1110. The lowest BCUT2D eigenvalue weighted by atomic mass is 10.1. The lowest BCUT2D eigenvalue weighted by molar-refractivity contribution is -0.0436. The van der Waals surface area contributed by atoms with Gasteiger partial charge in [0.15, 0.2) is 5.82 Å². The van der Waals surface area contributed by atoms with Crippen LogP contribution in [0.25, 0.3) is 0 Å². The Morgan fingerprint density at radius 1 is 1.07 bits per heavy atom. The number of aromatic amines is 1. The highest BCUT2D eigenvalue weighted by Crippen LogP contribution is 2.30. The van der Waals surface area contributed by atoms with Gasteiger partial charge in [0.25, 0.3) is 15.7 Å². The first-order valence-corrected chi connectivity index (χ1v) is 9.74. The van der Waals surface area contributed by atoms with Crippen molar-refractivity contribution in [3.63, 3.8) is 0 Å². The summed E-state index contributed by atoms with van der Waals surface area (Å²) in [6.45, 7) is 1.69. The van der Waals surface area contributed by atoms with E-state index < -0.39 is 32.2 Å². The van der Waals surface area contributed by atoms with Crippen molar-refractivity contribution < 1.29 is 26.4 Å². The lowest BCUT2D eigenvalue weighted by Gasteiger charge is -2.16. The van der Waals surface area contributed by atoms with Crippen LogP contribution in [0.1, 0.15) is 33.6 Å². The van der Waals surface area contributed by atoms with E-state index in [2.05, 4.69) is 20.5 Å². The molecule has 29 heavy (non-hydrogen) atoms. The third kappa shape index (κ3) is 4.29. The fourth-order valence-electron chi connectivity index (χ4n) is 2.57. The van der Waals surface area contributed by atoms with Crippen molar-refractivity contribution in [2.45, 2.75) is 23.4 Å². The van der Waals surface area contributed by atoms with Gasteiger partial charge in [-0.15, -0.1) is 0 Å². The number of aryl methyl sites for hydroxylation is 1. The number of halogens is 3. The second-order valence-electron chi connectivity index (χ2n) is 6.07. The molecule has 1 aromatic heterocycles. The predicted octanol–water partition coefficient (Wildman–Crippen LogP) is 2.93. The van der Waals surface area contributed by atoms with Crippen LogP contribution in [-0.4, -0.2) is 35.0 Å². The predicted molar refractivity (Wildman–Crippen MR) is 96.6 cm³/mol. The second-order valence-corrected chi connectivity index (χ2v) is 8.01. The molecule has 0 bridgehead atoms. The first kappa shape index (κ1) is 20.5. The van der Waals surface area contributed by atoms with E-state index in [-0.39, 0.29) is 5.56 Å². The number of amides is 1. The van der Waals surface area contributed by atoms with Crippen LogP contribution in [0.2, 0.25) is 0 Å². The van der Waals surface area contributed by atoms with Gasteiger partial charge in [-0.25, -0.2) is 13.4 Å².